The molecule has 0 aromatic heterocycles. The van der Waals surface area contributed by atoms with Crippen molar-refractivity contribution >= 4 is 10.0 Å². The van der Waals surface area contributed by atoms with E-state index in [0.29, 0.717) is 12.5 Å². The van der Waals surface area contributed by atoms with Gasteiger partial charge in [0.15, 0.2) is 0 Å². The minimum atomic E-state index is -3.06. The van der Waals surface area contributed by atoms with E-state index in [1.54, 1.807) is 4.31 Å². The standard InChI is InChI=1S/C11H22N2O2S/c1-9(2)11-4-3-7-13(11)16(14,15)10-5-6-12-8-10/h9-12H,3-8H2,1-2H3. The first kappa shape index (κ1) is 12.3. The smallest absolute Gasteiger partial charge is 0.218 e. The van der Waals surface area contributed by atoms with E-state index in [4.69, 9.17) is 0 Å². The minimum absolute atomic E-state index is 0.188. The molecule has 0 radical (unpaired) electrons. The predicted molar refractivity (Wildman–Crippen MR) is 64.8 cm³/mol. The van der Waals surface area contributed by atoms with Gasteiger partial charge in [-0.1, -0.05) is 13.8 Å². The molecule has 0 bridgehead atoms. The third-order valence-corrected chi connectivity index (χ3v) is 6.13. The predicted octanol–water partition coefficient (Wildman–Crippen LogP) is 0.798. The average molecular weight is 246 g/mol. The molecular formula is C11H22N2O2S. The molecule has 2 rings (SSSR count). The van der Waals surface area contributed by atoms with Crippen LogP contribution < -0.4 is 5.32 Å². The molecule has 2 aliphatic heterocycles. The van der Waals surface area contributed by atoms with Crippen molar-refractivity contribution in [3.63, 3.8) is 0 Å². The summed E-state index contributed by atoms with van der Waals surface area (Å²) < 4.78 is 26.6. The van der Waals surface area contributed by atoms with Crippen LogP contribution >= 0.6 is 0 Å². The van der Waals surface area contributed by atoms with Crippen LogP contribution in [0.5, 0.6) is 0 Å². The maximum Gasteiger partial charge on any atom is 0.218 e. The van der Waals surface area contributed by atoms with Crippen LogP contribution in [0.4, 0.5) is 0 Å². The lowest BCUT2D eigenvalue weighted by molar-refractivity contribution is 0.313. The third kappa shape index (κ3) is 2.13. The van der Waals surface area contributed by atoms with Crippen LogP contribution in [0.1, 0.15) is 33.1 Å². The Morgan fingerprint density at radius 2 is 2.06 bits per heavy atom. The van der Waals surface area contributed by atoms with E-state index in [2.05, 4.69) is 19.2 Å². The first-order valence-electron chi connectivity index (χ1n) is 6.25. The Hall–Kier alpha value is -0.130. The van der Waals surface area contributed by atoms with E-state index in [9.17, 15) is 8.42 Å². The van der Waals surface area contributed by atoms with Gasteiger partial charge in [0.1, 0.15) is 0 Å². The molecule has 0 aromatic rings. The SMILES string of the molecule is CC(C)C1CCCN1S(=O)(=O)C1CCNC1. The van der Waals surface area contributed by atoms with Gasteiger partial charge >= 0.3 is 0 Å². The highest BCUT2D eigenvalue weighted by Gasteiger charge is 2.41. The van der Waals surface area contributed by atoms with E-state index >= 15 is 0 Å². The third-order valence-electron chi connectivity index (χ3n) is 3.78. The summed E-state index contributed by atoms with van der Waals surface area (Å²) in [5.41, 5.74) is 0. The van der Waals surface area contributed by atoms with Crippen molar-refractivity contribution in [3.05, 3.63) is 0 Å². The summed E-state index contributed by atoms with van der Waals surface area (Å²) >= 11 is 0. The van der Waals surface area contributed by atoms with Crippen LogP contribution in [0.25, 0.3) is 0 Å². The maximum absolute atomic E-state index is 12.4. The largest absolute Gasteiger partial charge is 0.315 e. The molecule has 0 spiro atoms. The molecule has 5 heteroatoms. The van der Waals surface area contributed by atoms with Crippen molar-refractivity contribution in [2.45, 2.75) is 44.4 Å². The van der Waals surface area contributed by atoms with E-state index in [0.717, 1.165) is 32.4 Å². The van der Waals surface area contributed by atoms with Gasteiger partial charge in [-0.25, -0.2) is 8.42 Å². The van der Waals surface area contributed by atoms with Crippen molar-refractivity contribution in [2.75, 3.05) is 19.6 Å². The van der Waals surface area contributed by atoms with Gasteiger partial charge in [0.2, 0.25) is 10.0 Å². The Bertz CT molecular complexity index is 334. The van der Waals surface area contributed by atoms with Crippen molar-refractivity contribution in [3.8, 4) is 0 Å². The van der Waals surface area contributed by atoms with Gasteiger partial charge < -0.3 is 5.32 Å². The Morgan fingerprint density at radius 1 is 1.31 bits per heavy atom. The summed E-state index contributed by atoms with van der Waals surface area (Å²) in [6.45, 7) is 6.42. The molecule has 0 aliphatic carbocycles. The lowest BCUT2D eigenvalue weighted by Gasteiger charge is -2.29. The highest BCUT2D eigenvalue weighted by Crippen LogP contribution is 2.29. The Labute approximate surface area is 98.4 Å². The molecule has 2 heterocycles. The Kier molecular flexibility index (Phi) is 3.56. The van der Waals surface area contributed by atoms with Crippen LogP contribution in [0.3, 0.4) is 0 Å². The number of nitrogens with one attached hydrogen (secondary N) is 1. The number of hydrogen-bond acceptors (Lipinski definition) is 3. The number of hydrogen-bond donors (Lipinski definition) is 1. The highest BCUT2D eigenvalue weighted by molar-refractivity contribution is 7.89. The van der Waals surface area contributed by atoms with Gasteiger partial charge in [-0.05, 0) is 31.7 Å². The van der Waals surface area contributed by atoms with Gasteiger partial charge in [-0.15, -0.1) is 0 Å². The van der Waals surface area contributed by atoms with E-state index in [-0.39, 0.29) is 11.3 Å². The van der Waals surface area contributed by atoms with Gasteiger partial charge in [0.25, 0.3) is 0 Å². The second-order valence-electron chi connectivity index (χ2n) is 5.22. The van der Waals surface area contributed by atoms with Gasteiger partial charge in [0, 0.05) is 19.1 Å². The molecule has 0 aromatic carbocycles. The Balaban J connectivity index is 2.16. The lowest BCUT2D eigenvalue weighted by atomic mass is 10.0. The zero-order chi connectivity index (χ0) is 11.8. The van der Waals surface area contributed by atoms with Crippen LogP contribution in [-0.4, -0.2) is 43.6 Å². The molecule has 94 valence electrons. The average Bonchev–Trinajstić information content (AvgIpc) is 2.89. The summed E-state index contributed by atoms with van der Waals surface area (Å²) in [5, 5.41) is 2.95. The summed E-state index contributed by atoms with van der Waals surface area (Å²) in [6.07, 6.45) is 2.81. The van der Waals surface area contributed by atoms with Crippen molar-refractivity contribution < 1.29 is 8.42 Å². The lowest BCUT2D eigenvalue weighted by Crippen LogP contribution is -2.44. The van der Waals surface area contributed by atoms with Crippen LogP contribution in [0.15, 0.2) is 0 Å². The summed E-state index contributed by atoms with van der Waals surface area (Å²) in [6, 6.07) is 0.227. The molecule has 0 amide bonds. The molecule has 2 fully saturated rings. The molecule has 2 atom stereocenters. The van der Waals surface area contributed by atoms with E-state index in [1.807, 2.05) is 0 Å². The van der Waals surface area contributed by atoms with Gasteiger partial charge in [-0.2, -0.15) is 4.31 Å². The molecule has 2 saturated heterocycles. The second-order valence-corrected chi connectivity index (χ2v) is 7.39. The molecule has 1 N–H and O–H groups in total. The minimum Gasteiger partial charge on any atom is -0.315 e. The van der Waals surface area contributed by atoms with Crippen LogP contribution in [0, 0.1) is 5.92 Å². The molecule has 0 saturated carbocycles. The highest BCUT2D eigenvalue weighted by atomic mass is 32.2. The summed E-state index contributed by atoms with van der Waals surface area (Å²) in [7, 11) is -3.06. The maximum atomic E-state index is 12.4. The number of nitrogens with zero attached hydrogens (tertiary/aromatic N) is 1. The first-order chi connectivity index (χ1) is 7.53. The summed E-state index contributed by atoms with van der Waals surface area (Å²) in [4.78, 5) is 0. The molecule has 2 aliphatic rings. The monoisotopic (exact) mass is 246 g/mol. The van der Waals surface area contributed by atoms with Crippen molar-refractivity contribution in [1.82, 2.24) is 9.62 Å². The van der Waals surface area contributed by atoms with E-state index in [1.165, 1.54) is 0 Å². The van der Waals surface area contributed by atoms with Gasteiger partial charge in [0.05, 0.1) is 5.25 Å². The second kappa shape index (κ2) is 4.63. The fourth-order valence-electron chi connectivity index (χ4n) is 2.82. The topological polar surface area (TPSA) is 49.4 Å². The first-order valence-corrected chi connectivity index (χ1v) is 7.75. The Morgan fingerprint density at radius 3 is 2.62 bits per heavy atom. The fraction of sp³-hybridized carbons (Fsp3) is 1.00. The molecular weight excluding hydrogens is 224 g/mol. The normalized spacial score (nSPS) is 32.7. The van der Waals surface area contributed by atoms with Crippen LogP contribution in [0.2, 0.25) is 0 Å². The number of sulfonamides is 1. The van der Waals surface area contributed by atoms with Gasteiger partial charge in [-0.3, -0.25) is 0 Å². The fourth-order valence-corrected chi connectivity index (χ4v) is 5.06. The van der Waals surface area contributed by atoms with Crippen LogP contribution in [-0.2, 0) is 10.0 Å². The summed E-state index contributed by atoms with van der Waals surface area (Å²) in [5.74, 6) is 0.423. The molecule has 2 unspecified atom stereocenters. The van der Waals surface area contributed by atoms with Crippen molar-refractivity contribution in [1.29, 1.82) is 0 Å². The quantitative estimate of drug-likeness (QED) is 0.801. The van der Waals surface area contributed by atoms with E-state index < -0.39 is 10.0 Å². The molecule has 4 nitrogen and oxygen atoms in total. The van der Waals surface area contributed by atoms with Crippen molar-refractivity contribution in [2.24, 2.45) is 5.92 Å². The zero-order valence-corrected chi connectivity index (χ0v) is 11.0. The molecule has 16 heavy (non-hydrogen) atoms. The number of rotatable bonds is 3. The zero-order valence-electron chi connectivity index (χ0n) is 10.1.